The van der Waals surface area contributed by atoms with E-state index in [2.05, 4.69) is 62.2 Å². The number of fused-ring (bicyclic) bond motifs is 2. The van der Waals surface area contributed by atoms with Crippen molar-refractivity contribution in [3.63, 3.8) is 0 Å². The summed E-state index contributed by atoms with van der Waals surface area (Å²) in [5, 5.41) is 39.7. The van der Waals surface area contributed by atoms with Gasteiger partial charge in [0.15, 0.2) is 11.6 Å². The van der Waals surface area contributed by atoms with Crippen LogP contribution in [0.5, 0.6) is 5.75 Å². The molecule has 2 aromatic heterocycles. The molecule has 0 amide bonds. The smallest absolute Gasteiger partial charge is 0.176 e. The molecule has 0 unspecified atom stereocenters. The van der Waals surface area contributed by atoms with Crippen LogP contribution < -0.4 is 10.9 Å². The van der Waals surface area contributed by atoms with Crippen molar-refractivity contribution in [3.05, 3.63) is 89.7 Å². The molecule has 2 heterocycles. The summed E-state index contributed by atoms with van der Waals surface area (Å²) in [7, 11) is 0. The fourth-order valence-corrected chi connectivity index (χ4v) is 3.86. The number of rotatable bonds is 6. The summed E-state index contributed by atoms with van der Waals surface area (Å²) in [5.41, 5.74) is 7.83. The predicted octanol–water partition coefficient (Wildman–Crippen LogP) is 5.47. The van der Waals surface area contributed by atoms with Crippen molar-refractivity contribution in [1.82, 2.24) is 20.4 Å². The second kappa shape index (κ2) is 9.98. The largest absolute Gasteiger partial charge is 0.507 e. The standard InChI is InChI=1S/C28H26N8O/c1-28(2,3)22-12-20(16-31-35-26-23-10-6-4-8-18(23)14-29-33-26)25(37)21(13-22)17-32-36-27-24-11-7-5-9-19(24)15-30-34-27/h4-17,37H,1-3H3,(H,33,35)(H,34,36). The van der Waals surface area contributed by atoms with E-state index in [9.17, 15) is 5.11 Å². The van der Waals surface area contributed by atoms with Crippen molar-refractivity contribution in [2.45, 2.75) is 26.2 Å². The lowest BCUT2D eigenvalue weighted by atomic mass is 9.85. The molecule has 184 valence electrons. The first-order valence-corrected chi connectivity index (χ1v) is 11.8. The third kappa shape index (κ3) is 5.20. The topological polar surface area (TPSA) is 121 Å². The Hall–Kier alpha value is -4.92. The molecule has 0 bridgehead atoms. The Balaban J connectivity index is 1.43. The van der Waals surface area contributed by atoms with Gasteiger partial charge in [0, 0.05) is 32.7 Å². The van der Waals surface area contributed by atoms with Gasteiger partial charge >= 0.3 is 0 Å². The molecule has 9 nitrogen and oxygen atoms in total. The zero-order valence-electron chi connectivity index (χ0n) is 20.7. The van der Waals surface area contributed by atoms with E-state index >= 15 is 0 Å². The van der Waals surface area contributed by atoms with Crippen LogP contribution in [0, 0.1) is 0 Å². The van der Waals surface area contributed by atoms with Gasteiger partial charge in [0.05, 0.1) is 24.8 Å². The SMILES string of the molecule is CC(C)(C)c1cc(C=NNc2nncc3ccccc23)c(O)c(C=NNc2nncc3ccccc23)c1. The Morgan fingerprint density at radius 1 is 0.730 bits per heavy atom. The van der Waals surface area contributed by atoms with Gasteiger partial charge in [-0.2, -0.15) is 20.4 Å². The van der Waals surface area contributed by atoms with Crippen LogP contribution in [0.2, 0.25) is 0 Å². The summed E-state index contributed by atoms with van der Waals surface area (Å²) in [6.45, 7) is 6.32. The van der Waals surface area contributed by atoms with Crippen LogP contribution in [0.1, 0.15) is 37.5 Å². The van der Waals surface area contributed by atoms with Crippen LogP contribution in [0.25, 0.3) is 21.5 Å². The lowest BCUT2D eigenvalue weighted by Crippen LogP contribution is -2.12. The molecule has 5 aromatic rings. The number of hydrogen-bond donors (Lipinski definition) is 3. The third-order valence-electron chi connectivity index (χ3n) is 5.92. The first kappa shape index (κ1) is 23.8. The molecular formula is C28H26N8O. The van der Waals surface area contributed by atoms with Gasteiger partial charge in [-0.1, -0.05) is 69.3 Å². The number of aromatic nitrogens is 4. The number of hydrazone groups is 2. The molecular weight excluding hydrogens is 464 g/mol. The number of aromatic hydroxyl groups is 1. The van der Waals surface area contributed by atoms with Crippen molar-refractivity contribution in [2.24, 2.45) is 10.2 Å². The molecule has 37 heavy (non-hydrogen) atoms. The highest BCUT2D eigenvalue weighted by Gasteiger charge is 2.18. The quantitative estimate of drug-likeness (QED) is 0.213. The Morgan fingerprint density at radius 2 is 1.19 bits per heavy atom. The molecule has 0 aliphatic heterocycles. The lowest BCUT2D eigenvalue weighted by molar-refractivity contribution is 0.472. The van der Waals surface area contributed by atoms with E-state index in [1.54, 1.807) is 24.8 Å². The maximum Gasteiger partial charge on any atom is 0.176 e. The monoisotopic (exact) mass is 490 g/mol. The van der Waals surface area contributed by atoms with Gasteiger partial charge < -0.3 is 5.11 Å². The highest BCUT2D eigenvalue weighted by atomic mass is 16.3. The Morgan fingerprint density at radius 3 is 1.65 bits per heavy atom. The number of nitrogens with zero attached hydrogens (tertiary/aromatic N) is 6. The summed E-state index contributed by atoms with van der Waals surface area (Å²) in [4.78, 5) is 0. The van der Waals surface area contributed by atoms with E-state index in [0.717, 1.165) is 27.1 Å². The summed E-state index contributed by atoms with van der Waals surface area (Å²) < 4.78 is 0. The van der Waals surface area contributed by atoms with Crippen molar-refractivity contribution in [2.75, 3.05) is 10.9 Å². The van der Waals surface area contributed by atoms with Gasteiger partial charge in [-0.25, -0.2) is 0 Å². The molecule has 0 aliphatic rings. The maximum absolute atomic E-state index is 11.0. The Bertz CT molecular complexity index is 1520. The summed E-state index contributed by atoms with van der Waals surface area (Å²) >= 11 is 0. The normalized spacial score (nSPS) is 12.1. The van der Waals surface area contributed by atoms with Gasteiger partial charge in [-0.15, -0.1) is 10.2 Å². The van der Waals surface area contributed by atoms with E-state index in [0.29, 0.717) is 22.8 Å². The van der Waals surface area contributed by atoms with Gasteiger partial charge in [0.1, 0.15) is 5.75 Å². The molecule has 0 fully saturated rings. The van der Waals surface area contributed by atoms with Crippen molar-refractivity contribution in [3.8, 4) is 5.75 Å². The van der Waals surface area contributed by atoms with E-state index in [1.165, 1.54) is 0 Å². The van der Waals surface area contributed by atoms with Crippen LogP contribution in [0.3, 0.4) is 0 Å². The van der Waals surface area contributed by atoms with Crippen molar-refractivity contribution < 1.29 is 5.11 Å². The third-order valence-corrected chi connectivity index (χ3v) is 5.92. The Kier molecular flexibility index (Phi) is 6.42. The number of nitrogens with one attached hydrogen (secondary N) is 2. The number of hydrogen-bond acceptors (Lipinski definition) is 9. The molecule has 5 rings (SSSR count). The highest BCUT2D eigenvalue weighted by molar-refractivity contribution is 5.95. The maximum atomic E-state index is 11.0. The molecule has 3 N–H and O–H groups in total. The van der Waals surface area contributed by atoms with Crippen LogP contribution in [-0.4, -0.2) is 37.9 Å². The van der Waals surface area contributed by atoms with E-state index in [-0.39, 0.29) is 11.2 Å². The minimum absolute atomic E-state index is 0.0529. The van der Waals surface area contributed by atoms with Crippen molar-refractivity contribution in [1.29, 1.82) is 0 Å². The minimum atomic E-state index is -0.165. The van der Waals surface area contributed by atoms with Crippen LogP contribution >= 0.6 is 0 Å². The number of anilines is 2. The number of phenolic OH excluding ortho intramolecular Hbond substituents is 1. The van der Waals surface area contributed by atoms with Crippen molar-refractivity contribution >= 4 is 45.6 Å². The molecule has 0 saturated heterocycles. The minimum Gasteiger partial charge on any atom is -0.507 e. The van der Waals surface area contributed by atoms with Crippen LogP contribution in [-0.2, 0) is 5.41 Å². The van der Waals surface area contributed by atoms with Crippen LogP contribution in [0.4, 0.5) is 11.6 Å². The average molecular weight is 491 g/mol. The zero-order valence-corrected chi connectivity index (χ0v) is 20.7. The Labute approximate surface area is 214 Å². The second-order valence-corrected chi connectivity index (χ2v) is 9.55. The average Bonchev–Trinajstić information content (AvgIpc) is 2.90. The molecule has 9 heteroatoms. The molecule has 0 saturated carbocycles. The summed E-state index contributed by atoms with van der Waals surface area (Å²) in [6.07, 6.45) is 6.53. The van der Waals surface area contributed by atoms with Gasteiger partial charge in [0.25, 0.3) is 0 Å². The van der Waals surface area contributed by atoms with Gasteiger partial charge in [-0.05, 0) is 23.1 Å². The summed E-state index contributed by atoms with van der Waals surface area (Å²) in [5.74, 6) is 1.11. The second-order valence-electron chi connectivity index (χ2n) is 9.55. The highest BCUT2D eigenvalue weighted by Crippen LogP contribution is 2.30. The predicted molar refractivity (Wildman–Crippen MR) is 148 cm³/mol. The van der Waals surface area contributed by atoms with E-state index < -0.39 is 0 Å². The molecule has 0 atom stereocenters. The van der Waals surface area contributed by atoms with E-state index in [1.807, 2.05) is 60.7 Å². The number of benzene rings is 3. The van der Waals surface area contributed by atoms with E-state index in [4.69, 9.17) is 0 Å². The van der Waals surface area contributed by atoms with Gasteiger partial charge in [-0.3, -0.25) is 10.9 Å². The molecule has 0 spiro atoms. The zero-order chi connectivity index (χ0) is 25.8. The molecule has 0 aliphatic carbocycles. The fourth-order valence-electron chi connectivity index (χ4n) is 3.86. The first-order chi connectivity index (χ1) is 17.9. The van der Waals surface area contributed by atoms with Gasteiger partial charge in [0.2, 0.25) is 0 Å². The summed E-state index contributed by atoms with van der Waals surface area (Å²) in [6, 6.07) is 19.4. The first-order valence-electron chi connectivity index (χ1n) is 11.8. The molecule has 3 aromatic carbocycles. The molecule has 0 radical (unpaired) electrons. The fraction of sp³-hybridized carbons (Fsp3) is 0.143. The lowest BCUT2D eigenvalue weighted by Gasteiger charge is -2.21. The number of phenols is 1. The van der Waals surface area contributed by atoms with Crippen LogP contribution in [0.15, 0.2) is 83.3 Å².